The summed E-state index contributed by atoms with van der Waals surface area (Å²) in [6.45, 7) is 7.89. The second-order valence-electron chi connectivity index (χ2n) is 9.34. The average Bonchev–Trinajstić information content (AvgIpc) is 3.46. The molecule has 2 aromatic carbocycles. The van der Waals surface area contributed by atoms with Gasteiger partial charge in [0.05, 0.1) is 13.2 Å². The van der Waals surface area contributed by atoms with Crippen LogP contribution in [0.2, 0.25) is 0 Å². The number of benzene rings is 2. The fraction of sp³-hybridized carbons (Fsp3) is 0.538. The minimum absolute atomic E-state index is 0.0532. The second kappa shape index (κ2) is 9.78. The lowest BCUT2D eigenvalue weighted by molar-refractivity contribution is -0.0928. The molecular formula is C26H33FN2O2. The molecule has 0 aromatic heterocycles. The highest BCUT2D eigenvalue weighted by atomic mass is 19.1. The molecule has 5 rings (SSSR count). The Morgan fingerprint density at radius 3 is 2.26 bits per heavy atom. The van der Waals surface area contributed by atoms with E-state index in [4.69, 9.17) is 9.47 Å². The highest BCUT2D eigenvalue weighted by molar-refractivity contribution is 5.21. The summed E-state index contributed by atoms with van der Waals surface area (Å²) in [5, 5.41) is 0. The van der Waals surface area contributed by atoms with Gasteiger partial charge in [0.2, 0.25) is 0 Å². The third kappa shape index (κ3) is 5.17. The van der Waals surface area contributed by atoms with E-state index in [9.17, 15) is 4.39 Å². The molecule has 31 heavy (non-hydrogen) atoms. The molecule has 3 heterocycles. The second-order valence-corrected chi connectivity index (χ2v) is 9.34. The largest absolute Gasteiger partial charge is 0.350 e. The van der Waals surface area contributed by atoms with Crippen molar-refractivity contribution in [3.63, 3.8) is 0 Å². The summed E-state index contributed by atoms with van der Waals surface area (Å²) in [6.07, 6.45) is 2.24. The van der Waals surface area contributed by atoms with Crippen molar-refractivity contribution in [2.75, 3.05) is 45.9 Å². The van der Waals surface area contributed by atoms with E-state index in [1.807, 2.05) is 12.1 Å². The third-order valence-electron chi connectivity index (χ3n) is 7.24. The molecule has 166 valence electrons. The lowest BCUT2D eigenvalue weighted by Gasteiger charge is -2.35. The molecule has 2 aromatic rings. The van der Waals surface area contributed by atoms with Crippen LogP contribution < -0.4 is 0 Å². The molecule has 3 fully saturated rings. The minimum Gasteiger partial charge on any atom is -0.350 e. The zero-order valence-electron chi connectivity index (χ0n) is 18.2. The Kier molecular flexibility index (Phi) is 6.65. The summed E-state index contributed by atoms with van der Waals surface area (Å²) in [5.41, 5.74) is 2.65. The van der Waals surface area contributed by atoms with Gasteiger partial charge in [-0.3, -0.25) is 4.90 Å². The lowest BCUT2D eigenvalue weighted by Crippen LogP contribution is -2.40. The van der Waals surface area contributed by atoms with Gasteiger partial charge < -0.3 is 14.4 Å². The molecular weight excluding hydrogens is 391 g/mol. The van der Waals surface area contributed by atoms with Gasteiger partial charge >= 0.3 is 0 Å². The van der Waals surface area contributed by atoms with Gasteiger partial charge in [-0.25, -0.2) is 4.39 Å². The third-order valence-corrected chi connectivity index (χ3v) is 7.24. The molecule has 0 aliphatic carbocycles. The van der Waals surface area contributed by atoms with Gasteiger partial charge in [-0.15, -0.1) is 0 Å². The van der Waals surface area contributed by atoms with Crippen LogP contribution in [0.3, 0.4) is 0 Å². The fourth-order valence-electron chi connectivity index (χ4n) is 5.60. The van der Waals surface area contributed by atoms with Gasteiger partial charge in [-0.1, -0.05) is 42.5 Å². The highest BCUT2D eigenvalue weighted by Crippen LogP contribution is 2.34. The van der Waals surface area contributed by atoms with Crippen LogP contribution in [0, 0.1) is 17.7 Å². The molecule has 0 bridgehead atoms. The number of likely N-dealkylation sites (tertiary alicyclic amines) is 2. The van der Waals surface area contributed by atoms with Crippen LogP contribution in [-0.2, 0) is 16.0 Å². The first-order valence-corrected chi connectivity index (χ1v) is 11.7. The average molecular weight is 425 g/mol. The van der Waals surface area contributed by atoms with E-state index in [-0.39, 0.29) is 12.1 Å². The fourth-order valence-corrected chi connectivity index (χ4v) is 5.60. The maximum Gasteiger partial charge on any atom is 0.162 e. The number of halogens is 1. The normalized spacial score (nSPS) is 26.6. The topological polar surface area (TPSA) is 24.9 Å². The summed E-state index contributed by atoms with van der Waals surface area (Å²) in [7, 11) is 0. The first-order valence-electron chi connectivity index (χ1n) is 11.7. The van der Waals surface area contributed by atoms with Crippen LogP contribution in [0.15, 0.2) is 54.6 Å². The van der Waals surface area contributed by atoms with Crippen molar-refractivity contribution in [1.82, 2.24) is 9.80 Å². The standard InChI is InChI=1S/C26H33FN2O2/c27-24-8-6-21(7-9-24)22-10-12-28(13-11-22)17-23-18-29(16-20-4-2-1-3-5-20)19-25(23)26-30-14-15-31-26/h1-9,22-23,25-26H,10-19H2. The lowest BCUT2D eigenvalue weighted by atomic mass is 9.88. The van der Waals surface area contributed by atoms with Gasteiger partial charge in [0.25, 0.3) is 0 Å². The van der Waals surface area contributed by atoms with Gasteiger partial charge in [-0.2, -0.15) is 0 Å². The van der Waals surface area contributed by atoms with E-state index in [2.05, 4.69) is 40.1 Å². The van der Waals surface area contributed by atoms with Crippen LogP contribution in [0.4, 0.5) is 4.39 Å². The predicted octanol–water partition coefficient (Wildman–Crippen LogP) is 4.13. The highest BCUT2D eigenvalue weighted by Gasteiger charge is 2.41. The van der Waals surface area contributed by atoms with E-state index in [0.717, 1.165) is 65.3 Å². The van der Waals surface area contributed by atoms with Crippen molar-refractivity contribution in [2.24, 2.45) is 11.8 Å². The number of piperidine rings is 1. The molecule has 0 amide bonds. The number of ether oxygens (including phenoxy) is 2. The van der Waals surface area contributed by atoms with Gasteiger partial charge in [-0.05, 0) is 61.0 Å². The van der Waals surface area contributed by atoms with Crippen LogP contribution in [0.5, 0.6) is 0 Å². The zero-order valence-corrected chi connectivity index (χ0v) is 18.2. The predicted molar refractivity (Wildman–Crippen MR) is 119 cm³/mol. The van der Waals surface area contributed by atoms with Crippen LogP contribution in [0.25, 0.3) is 0 Å². The molecule has 0 radical (unpaired) electrons. The molecule has 3 aliphatic heterocycles. The van der Waals surface area contributed by atoms with E-state index < -0.39 is 0 Å². The molecule has 4 nitrogen and oxygen atoms in total. The summed E-state index contributed by atoms with van der Waals surface area (Å²) in [5.74, 6) is 1.40. The van der Waals surface area contributed by atoms with Crippen molar-refractivity contribution in [2.45, 2.75) is 31.6 Å². The Balaban J connectivity index is 1.19. The van der Waals surface area contributed by atoms with Crippen molar-refractivity contribution in [3.05, 3.63) is 71.5 Å². The van der Waals surface area contributed by atoms with E-state index in [1.54, 1.807) is 12.1 Å². The molecule has 3 saturated heterocycles. The zero-order chi connectivity index (χ0) is 21.0. The maximum absolute atomic E-state index is 13.2. The Bertz CT molecular complexity index is 817. The molecule has 0 N–H and O–H groups in total. The Labute approximate surface area is 184 Å². The molecule has 0 saturated carbocycles. The number of rotatable bonds is 6. The minimum atomic E-state index is -0.148. The van der Waals surface area contributed by atoms with Crippen LogP contribution in [0.1, 0.15) is 29.9 Å². The first-order chi connectivity index (χ1) is 15.2. The quantitative estimate of drug-likeness (QED) is 0.696. The number of hydrogen-bond acceptors (Lipinski definition) is 4. The summed E-state index contributed by atoms with van der Waals surface area (Å²) in [4.78, 5) is 5.19. The molecule has 0 spiro atoms. The monoisotopic (exact) mass is 424 g/mol. The van der Waals surface area contributed by atoms with Gasteiger partial charge in [0, 0.05) is 32.1 Å². The summed E-state index contributed by atoms with van der Waals surface area (Å²) >= 11 is 0. The Morgan fingerprint density at radius 2 is 1.55 bits per heavy atom. The Hall–Kier alpha value is -1.79. The van der Waals surface area contributed by atoms with Crippen molar-refractivity contribution in [3.8, 4) is 0 Å². The summed E-state index contributed by atoms with van der Waals surface area (Å²) < 4.78 is 25.1. The van der Waals surface area contributed by atoms with E-state index in [1.165, 1.54) is 11.1 Å². The molecule has 2 unspecified atom stereocenters. The first kappa shape index (κ1) is 21.1. The van der Waals surface area contributed by atoms with Crippen molar-refractivity contribution >= 4 is 0 Å². The summed E-state index contributed by atoms with van der Waals surface area (Å²) in [6, 6.07) is 17.8. The van der Waals surface area contributed by atoms with Gasteiger partial charge in [0.15, 0.2) is 6.29 Å². The Morgan fingerprint density at radius 1 is 0.839 bits per heavy atom. The van der Waals surface area contributed by atoms with E-state index >= 15 is 0 Å². The molecule has 3 aliphatic rings. The molecule has 2 atom stereocenters. The number of nitrogens with zero attached hydrogens (tertiary/aromatic N) is 2. The van der Waals surface area contributed by atoms with Crippen LogP contribution in [-0.4, -0.2) is 62.0 Å². The van der Waals surface area contributed by atoms with Crippen LogP contribution >= 0.6 is 0 Å². The SMILES string of the molecule is Fc1ccc(C2CCN(CC3CN(Cc4ccccc4)CC3C3OCCO3)CC2)cc1. The number of hydrogen-bond donors (Lipinski definition) is 0. The maximum atomic E-state index is 13.2. The molecule has 5 heteroatoms. The van der Waals surface area contributed by atoms with E-state index in [0.29, 0.717) is 17.8 Å². The van der Waals surface area contributed by atoms with Crippen molar-refractivity contribution < 1.29 is 13.9 Å². The van der Waals surface area contributed by atoms with Gasteiger partial charge in [0.1, 0.15) is 5.82 Å². The smallest absolute Gasteiger partial charge is 0.162 e. The van der Waals surface area contributed by atoms with Crippen molar-refractivity contribution in [1.29, 1.82) is 0 Å².